The minimum atomic E-state index is -0.0175. The standard InChI is InChI=1S/C15H23N3O2S/c1-12(20-14-5-3-13(19-2)4-6-14)11-17-15(16)18-7-9-21-10-8-18/h3-6,12H,7-11H2,1-2H3,(H2,16,17). The molecule has 21 heavy (non-hydrogen) atoms. The largest absolute Gasteiger partial charge is 0.497 e. The van der Waals surface area contributed by atoms with Gasteiger partial charge >= 0.3 is 0 Å². The van der Waals surface area contributed by atoms with Crippen molar-refractivity contribution < 1.29 is 9.47 Å². The molecule has 1 aromatic carbocycles. The van der Waals surface area contributed by atoms with Gasteiger partial charge in [0.15, 0.2) is 5.96 Å². The van der Waals surface area contributed by atoms with Crippen LogP contribution in [0.5, 0.6) is 11.5 Å². The number of nitrogens with two attached hydrogens (primary N) is 1. The number of nitrogens with zero attached hydrogens (tertiary/aromatic N) is 2. The van der Waals surface area contributed by atoms with E-state index in [9.17, 15) is 0 Å². The molecule has 1 heterocycles. The van der Waals surface area contributed by atoms with E-state index in [1.807, 2.05) is 43.0 Å². The zero-order valence-electron chi connectivity index (χ0n) is 12.6. The van der Waals surface area contributed by atoms with E-state index in [0.29, 0.717) is 12.5 Å². The van der Waals surface area contributed by atoms with Crippen molar-refractivity contribution in [1.82, 2.24) is 4.90 Å². The first-order valence-corrected chi connectivity index (χ1v) is 8.28. The van der Waals surface area contributed by atoms with Crippen molar-refractivity contribution in [3.8, 4) is 11.5 Å². The third-order valence-corrected chi connectivity index (χ3v) is 4.18. The number of hydrogen-bond donors (Lipinski definition) is 1. The molecular weight excluding hydrogens is 286 g/mol. The van der Waals surface area contributed by atoms with Crippen molar-refractivity contribution in [3.05, 3.63) is 24.3 Å². The highest BCUT2D eigenvalue weighted by molar-refractivity contribution is 7.99. The van der Waals surface area contributed by atoms with Crippen LogP contribution < -0.4 is 15.2 Å². The molecule has 1 aliphatic rings. The van der Waals surface area contributed by atoms with Gasteiger partial charge in [0, 0.05) is 24.6 Å². The molecule has 2 rings (SSSR count). The smallest absolute Gasteiger partial charge is 0.191 e. The van der Waals surface area contributed by atoms with Gasteiger partial charge in [-0.3, -0.25) is 0 Å². The molecule has 2 N–H and O–H groups in total. The zero-order chi connectivity index (χ0) is 15.1. The van der Waals surface area contributed by atoms with Gasteiger partial charge in [0.05, 0.1) is 13.7 Å². The third kappa shape index (κ3) is 5.04. The molecule has 1 saturated heterocycles. The van der Waals surface area contributed by atoms with Crippen LogP contribution in [-0.2, 0) is 0 Å². The van der Waals surface area contributed by atoms with E-state index in [2.05, 4.69) is 9.89 Å². The van der Waals surface area contributed by atoms with Gasteiger partial charge in [-0.25, -0.2) is 4.99 Å². The van der Waals surface area contributed by atoms with Crippen LogP contribution in [0, 0.1) is 0 Å². The highest BCUT2D eigenvalue weighted by Gasteiger charge is 2.12. The Morgan fingerprint density at radius 2 is 1.90 bits per heavy atom. The number of methoxy groups -OCH3 is 1. The Hall–Kier alpha value is -1.56. The van der Waals surface area contributed by atoms with Crippen LogP contribution in [0.4, 0.5) is 0 Å². The predicted molar refractivity (Wildman–Crippen MR) is 88.5 cm³/mol. The lowest BCUT2D eigenvalue weighted by Gasteiger charge is -2.27. The number of aliphatic imine (C=N–C) groups is 1. The first kappa shape index (κ1) is 15.8. The molecule has 116 valence electrons. The van der Waals surface area contributed by atoms with Gasteiger partial charge in [-0.05, 0) is 31.2 Å². The molecule has 1 aliphatic heterocycles. The van der Waals surface area contributed by atoms with Crippen LogP contribution in [0.15, 0.2) is 29.3 Å². The van der Waals surface area contributed by atoms with Gasteiger partial charge < -0.3 is 20.1 Å². The van der Waals surface area contributed by atoms with Gasteiger partial charge in [-0.15, -0.1) is 0 Å². The highest BCUT2D eigenvalue weighted by Crippen LogP contribution is 2.18. The molecule has 0 aromatic heterocycles. The van der Waals surface area contributed by atoms with Gasteiger partial charge in [0.2, 0.25) is 0 Å². The summed E-state index contributed by atoms with van der Waals surface area (Å²) in [4.78, 5) is 6.57. The van der Waals surface area contributed by atoms with Gasteiger partial charge in [-0.1, -0.05) is 0 Å². The van der Waals surface area contributed by atoms with Crippen molar-refractivity contribution in [3.63, 3.8) is 0 Å². The van der Waals surface area contributed by atoms with Crippen LogP contribution in [0.1, 0.15) is 6.92 Å². The molecule has 0 aliphatic carbocycles. The quantitative estimate of drug-likeness (QED) is 0.664. The van der Waals surface area contributed by atoms with E-state index in [4.69, 9.17) is 15.2 Å². The second kappa shape index (κ2) is 8.02. The molecule has 1 fully saturated rings. The molecule has 0 bridgehead atoms. The predicted octanol–water partition coefficient (Wildman–Crippen LogP) is 1.83. The Balaban J connectivity index is 1.81. The average Bonchev–Trinajstić information content (AvgIpc) is 2.54. The van der Waals surface area contributed by atoms with Gasteiger partial charge in [0.1, 0.15) is 17.6 Å². The van der Waals surface area contributed by atoms with Crippen LogP contribution in [0.3, 0.4) is 0 Å². The van der Waals surface area contributed by atoms with Gasteiger partial charge in [-0.2, -0.15) is 11.8 Å². The van der Waals surface area contributed by atoms with Crippen LogP contribution in [-0.4, -0.2) is 55.2 Å². The molecule has 0 spiro atoms. The molecular formula is C15H23N3O2S. The van der Waals surface area contributed by atoms with E-state index in [1.165, 1.54) is 0 Å². The van der Waals surface area contributed by atoms with E-state index in [1.54, 1.807) is 7.11 Å². The minimum absolute atomic E-state index is 0.0175. The Morgan fingerprint density at radius 3 is 2.52 bits per heavy atom. The summed E-state index contributed by atoms with van der Waals surface area (Å²) in [5.74, 6) is 4.49. The Kier molecular flexibility index (Phi) is 6.04. The molecule has 1 aromatic rings. The second-order valence-electron chi connectivity index (χ2n) is 4.90. The second-order valence-corrected chi connectivity index (χ2v) is 6.13. The maximum atomic E-state index is 6.02. The summed E-state index contributed by atoms with van der Waals surface area (Å²) in [7, 11) is 1.65. The maximum absolute atomic E-state index is 6.02. The van der Waals surface area contributed by atoms with Crippen LogP contribution in [0.25, 0.3) is 0 Å². The summed E-state index contributed by atoms with van der Waals surface area (Å²) in [6.07, 6.45) is -0.0175. The SMILES string of the molecule is COc1ccc(OC(C)CN=C(N)N2CCSCC2)cc1. The molecule has 0 amide bonds. The number of hydrogen-bond acceptors (Lipinski definition) is 4. The lowest BCUT2D eigenvalue weighted by atomic mass is 10.3. The Labute approximate surface area is 130 Å². The number of guanidine groups is 1. The summed E-state index contributed by atoms with van der Waals surface area (Å²) in [6, 6.07) is 7.55. The molecule has 6 heteroatoms. The van der Waals surface area contributed by atoms with Crippen molar-refractivity contribution in [2.45, 2.75) is 13.0 Å². The molecule has 1 unspecified atom stereocenters. The number of ether oxygens (including phenoxy) is 2. The molecule has 0 saturated carbocycles. The molecule has 1 atom stereocenters. The normalized spacial score (nSPS) is 17.4. The van der Waals surface area contributed by atoms with Gasteiger partial charge in [0.25, 0.3) is 0 Å². The Morgan fingerprint density at radius 1 is 1.29 bits per heavy atom. The summed E-state index contributed by atoms with van der Waals surface area (Å²) in [5.41, 5.74) is 6.02. The van der Waals surface area contributed by atoms with Crippen molar-refractivity contribution >= 4 is 17.7 Å². The average molecular weight is 309 g/mol. The zero-order valence-corrected chi connectivity index (χ0v) is 13.4. The number of thioether (sulfide) groups is 1. The first-order valence-electron chi connectivity index (χ1n) is 7.12. The fourth-order valence-electron chi connectivity index (χ4n) is 2.04. The number of rotatable bonds is 5. The third-order valence-electron chi connectivity index (χ3n) is 3.24. The van der Waals surface area contributed by atoms with E-state index < -0.39 is 0 Å². The van der Waals surface area contributed by atoms with E-state index in [-0.39, 0.29) is 6.10 Å². The lowest BCUT2D eigenvalue weighted by molar-refractivity contribution is 0.229. The Bertz CT molecular complexity index is 458. The highest BCUT2D eigenvalue weighted by atomic mass is 32.2. The minimum Gasteiger partial charge on any atom is -0.497 e. The van der Waals surface area contributed by atoms with E-state index >= 15 is 0 Å². The first-order chi connectivity index (χ1) is 10.2. The lowest BCUT2D eigenvalue weighted by Crippen LogP contribution is -2.43. The van der Waals surface area contributed by atoms with Crippen molar-refractivity contribution in [2.75, 3.05) is 38.2 Å². The molecule has 0 radical (unpaired) electrons. The summed E-state index contributed by atoms with van der Waals surface area (Å²) >= 11 is 1.96. The molecule has 5 nitrogen and oxygen atoms in total. The van der Waals surface area contributed by atoms with E-state index in [0.717, 1.165) is 36.1 Å². The summed E-state index contributed by atoms with van der Waals surface area (Å²) in [5, 5.41) is 0. The topological polar surface area (TPSA) is 60.1 Å². The maximum Gasteiger partial charge on any atom is 0.191 e. The summed E-state index contributed by atoms with van der Waals surface area (Å²) in [6.45, 7) is 4.51. The monoisotopic (exact) mass is 309 g/mol. The van der Waals surface area contributed by atoms with Crippen molar-refractivity contribution in [2.24, 2.45) is 10.7 Å². The van der Waals surface area contributed by atoms with Crippen LogP contribution in [0.2, 0.25) is 0 Å². The fourth-order valence-corrected chi connectivity index (χ4v) is 2.94. The summed E-state index contributed by atoms with van der Waals surface area (Å²) < 4.78 is 10.9. The van der Waals surface area contributed by atoms with Crippen molar-refractivity contribution in [1.29, 1.82) is 0 Å². The number of benzene rings is 1. The fraction of sp³-hybridized carbons (Fsp3) is 0.533. The van der Waals surface area contributed by atoms with Crippen LogP contribution >= 0.6 is 11.8 Å².